The minimum absolute atomic E-state index is 0.0308. The Morgan fingerprint density at radius 3 is 2.42 bits per heavy atom. The topological polar surface area (TPSA) is 89.4 Å². The number of benzene rings is 1. The lowest BCUT2D eigenvalue weighted by Gasteiger charge is -2.21. The summed E-state index contributed by atoms with van der Waals surface area (Å²) in [6, 6.07) is 5.70. The second kappa shape index (κ2) is 7.36. The average Bonchev–Trinajstić information content (AvgIpc) is 2.55. The Labute approximate surface area is 151 Å². The summed E-state index contributed by atoms with van der Waals surface area (Å²) in [6.07, 6.45) is 0. The van der Waals surface area contributed by atoms with Gasteiger partial charge in [-0.1, -0.05) is 6.07 Å². The van der Waals surface area contributed by atoms with Gasteiger partial charge in [-0.3, -0.25) is 14.1 Å². The number of pyridine rings is 1. The van der Waals surface area contributed by atoms with E-state index in [1.165, 1.54) is 44.7 Å². The first-order valence-electron chi connectivity index (χ1n) is 7.89. The molecule has 2 aromatic rings. The van der Waals surface area contributed by atoms with Crippen molar-refractivity contribution in [2.24, 2.45) is 7.05 Å². The number of methoxy groups -OCH3 is 1. The summed E-state index contributed by atoms with van der Waals surface area (Å²) in [5, 5.41) is 2.08. The fourth-order valence-electron chi connectivity index (χ4n) is 2.19. The molecule has 0 atom stereocenters. The summed E-state index contributed by atoms with van der Waals surface area (Å²) < 4.78 is 47.6. The molecule has 0 radical (unpaired) electrons. The molecule has 0 unspecified atom stereocenters. The summed E-state index contributed by atoms with van der Waals surface area (Å²) in [6.45, 7) is 4.78. The van der Waals surface area contributed by atoms with Gasteiger partial charge in [0.05, 0.1) is 18.0 Å². The molecule has 0 saturated carbocycles. The van der Waals surface area contributed by atoms with E-state index in [9.17, 15) is 17.6 Å². The number of hydrogen-bond acceptors (Lipinski definition) is 5. The van der Waals surface area contributed by atoms with Gasteiger partial charge in [-0.2, -0.15) is 0 Å². The van der Waals surface area contributed by atoms with Crippen LogP contribution in [0.2, 0.25) is 0 Å². The van der Waals surface area contributed by atoms with Crippen LogP contribution in [-0.2, 0) is 17.1 Å². The third-order valence-electron chi connectivity index (χ3n) is 3.87. The highest BCUT2D eigenvalue weighted by Gasteiger charge is 2.23. The van der Waals surface area contributed by atoms with E-state index in [1.54, 1.807) is 13.0 Å². The van der Waals surface area contributed by atoms with Crippen LogP contribution in [0.3, 0.4) is 0 Å². The van der Waals surface area contributed by atoms with Crippen LogP contribution in [0.25, 0.3) is 0 Å². The molecule has 1 aromatic carbocycles. The zero-order valence-electron chi connectivity index (χ0n) is 15.3. The van der Waals surface area contributed by atoms with E-state index in [4.69, 9.17) is 4.74 Å². The lowest BCUT2D eigenvalue weighted by Crippen LogP contribution is -2.26. The van der Waals surface area contributed by atoms with Crippen molar-refractivity contribution in [3.63, 3.8) is 0 Å². The zero-order valence-corrected chi connectivity index (χ0v) is 16.1. The molecule has 9 heteroatoms. The van der Waals surface area contributed by atoms with Crippen molar-refractivity contribution >= 4 is 27.2 Å². The highest BCUT2D eigenvalue weighted by molar-refractivity contribution is 7.93. The summed E-state index contributed by atoms with van der Waals surface area (Å²) >= 11 is 0. The molecule has 142 valence electrons. The SMILES string of the molecule is COc1cc(=O)n(C)c(Nc2ccc(C)cc2F)c1NS(=O)(=O)C(C)C. The van der Waals surface area contributed by atoms with Crippen molar-refractivity contribution in [3.8, 4) is 5.75 Å². The monoisotopic (exact) mass is 383 g/mol. The van der Waals surface area contributed by atoms with E-state index in [0.29, 0.717) is 0 Å². The van der Waals surface area contributed by atoms with Crippen LogP contribution in [0.15, 0.2) is 29.1 Å². The fourth-order valence-corrected chi connectivity index (χ4v) is 2.91. The maximum absolute atomic E-state index is 14.2. The van der Waals surface area contributed by atoms with E-state index >= 15 is 0 Å². The van der Waals surface area contributed by atoms with E-state index < -0.39 is 26.6 Å². The van der Waals surface area contributed by atoms with Gasteiger partial charge in [-0.05, 0) is 38.5 Å². The molecular weight excluding hydrogens is 361 g/mol. The third kappa shape index (κ3) is 3.98. The van der Waals surface area contributed by atoms with E-state index in [2.05, 4.69) is 10.0 Å². The number of rotatable bonds is 6. The van der Waals surface area contributed by atoms with Gasteiger partial charge in [0.15, 0.2) is 5.75 Å². The molecule has 0 amide bonds. The Bertz CT molecular complexity index is 984. The number of anilines is 3. The van der Waals surface area contributed by atoms with E-state index in [1.807, 2.05) is 0 Å². The molecule has 0 aliphatic heterocycles. The smallest absolute Gasteiger partial charge is 0.255 e. The van der Waals surface area contributed by atoms with Gasteiger partial charge in [0.25, 0.3) is 5.56 Å². The summed E-state index contributed by atoms with van der Waals surface area (Å²) in [7, 11) is -0.959. The Morgan fingerprint density at radius 2 is 1.88 bits per heavy atom. The van der Waals surface area contributed by atoms with E-state index in [0.717, 1.165) is 11.6 Å². The molecule has 0 saturated heterocycles. The van der Waals surface area contributed by atoms with Gasteiger partial charge in [0.1, 0.15) is 17.3 Å². The number of aryl methyl sites for hydroxylation is 1. The first-order valence-corrected chi connectivity index (χ1v) is 9.44. The normalized spacial score (nSPS) is 11.5. The number of sulfonamides is 1. The average molecular weight is 383 g/mol. The molecule has 2 N–H and O–H groups in total. The molecular formula is C17H22FN3O4S. The second-order valence-electron chi connectivity index (χ2n) is 6.14. The minimum atomic E-state index is -3.72. The molecule has 2 rings (SSSR count). The highest BCUT2D eigenvalue weighted by atomic mass is 32.2. The number of ether oxygens (including phenoxy) is 1. The zero-order chi connectivity index (χ0) is 19.6. The van der Waals surface area contributed by atoms with Gasteiger partial charge >= 0.3 is 0 Å². The lowest BCUT2D eigenvalue weighted by molar-refractivity contribution is 0.415. The molecule has 0 fully saturated rings. The summed E-state index contributed by atoms with van der Waals surface area (Å²) in [4.78, 5) is 12.2. The number of nitrogens with zero attached hydrogens (tertiary/aromatic N) is 1. The predicted molar refractivity (Wildman–Crippen MR) is 100 cm³/mol. The van der Waals surface area contributed by atoms with Crippen molar-refractivity contribution in [1.29, 1.82) is 0 Å². The predicted octanol–water partition coefficient (Wildman–Crippen LogP) is 2.74. The van der Waals surface area contributed by atoms with Gasteiger partial charge < -0.3 is 10.1 Å². The molecule has 0 bridgehead atoms. The first kappa shape index (κ1) is 19.8. The van der Waals surface area contributed by atoms with Crippen LogP contribution < -0.4 is 20.3 Å². The number of hydrogen-bond donors (Lipinski definition) is 2. The molecule has 1 heterocycles. The molecule has 0 spiro atoms. The Hall–Kier alpha value is -2.55. The quantitative estimate of drug-likeness (QED) is 0.801. The Morgan fingerprint density at radius 1 is 1.23 bits per heavy atom. The van der Waals surface area contributed by atoms with Gasteiger partial charge in [-0.15, -0.1) is 0 Å². The van der Waals surface area contributed by atoms with Crippen molar-refractivity contribution in [2.75, 3.05) is 17.1 Å². The second-order valence-corrected chi connectivity index (χ2v) is 8.37. The first-order chi connectivity index (χ1) is 12.1. The minimum Gasteiger partial charge on any atom is -0.494 e. The number of halogens is 1. The van der Waals surface area contributed by atoms with Crippen molar-refractivity contribution in [1.82, 2.24) is 4.57 Å². The Balaban J connectivity index is 2.66. The van der Waals surface area contributed by atoms with Crippen LogP contribution in [-0.4, -0.2) is 25.3 Å². The van der Waals surface area contributed by atoms with E-state index in [-0.39, 0.29) is 22.9 Å². The van der Waals surface area contributed by atoms with Crippen LogP contribution in [0.4, 0.5) is 21.6 Å². The molecule has 7 nitrogen and oxygen atoms in total. The molecule has 0 aliphatic carbocycles. The summed E-state index contributed by atoms with van der Waals surface area (Å²) in [5.74, 6) is -0.424. The highest BCUT2D eigenvalue weighted by Crippen LogP contribution is 2.34. The largest absolute Gasteiger partial charge is 0.494 e. The van der Waals surface area contributed by atoms with Crippen molar-refractivity contribution < 1.29 is 17.5 Å². The maximum Gasteiger partial charge on any atom is 0.255 e. The third-order valence-corrected chi connectivity index (χ3v) is 5.60. The fraction of sp³-hybridized carbons (Fsp3) is 0.353. The van der Waals surface area contributed by atoms with Crippen LogP contribution in [0, 0.1) is 12.7 Å². The van der Waals surface area contributed by atoms with Crippen LogP contribution in [0.1, 0.15) is 19.4 Å². The summed E-state index contributed by atoms with van der Waals surface area (Å²) in [5.41, 5.74) is 0.421. The van der Waals surface area contributed by atoms with Crippen LogP contribution in [0.5, 0.6) is 5.75 Å². The molecule has 26 heavy (non-hydrogen) atoms. The van der Waals surface area contributed by atoms with Gasteiger partial charge in [0, 0.05) is 13.1 Å². The number of nitrogens with one attached hydrogen (secondary N) is 2. The van der Waals surface area contributed by atoms with Crippen LogP contribution >= 0.6 is 0 Å². The maximum atomic E-state index is 14.2. The molecule has 1 aromatic heterocycles. The standard InChI is InChI=1S/C17H22FN3O4S/c1-10(2)26(23,24)20-16-14(25-5)9-15(22)21(4)17(16)19-13-7-6-11(3)8-12(13)18/h6-10,19-20H,1-5H3. The van der Waals surface area contributed by atoms with Gasteiger partial charge in [0.2, 0.25) is 10.0 Å². The van der Waals surface area contributed by atoms with Crippen molar-refractivity contribution in [3.05, 3.63) is 46.0 Å². The molecule has 0 aliphatic rings. The van der Waals surface area contributed by atoms with Gasteiger partial charge in [-0.25, -0.2) is 12.8 Å². The Kier molecular flexibility index (Phi) is 5.60. The lowest BCUT2D eigenvalue weighted by atomic mass is 10.2. The van der Waals surface area contributed by atoms with Crippen molar-refractivity contribution in [2.45, 2.75) is 26.0 Å². The number of aromatic nitrogens is 1.